The summed E-state index contributed by atoms with van der Waals surface area (Å²) < 4.78 is 39.9. The van der Waals surface area contributed by atoms with Gasteiger partial charge in [-0.1, -0.05) is 18.2 Å². The third kappa shape index (κ3) is 4.67. The van der Waals surface area contributed by atoms with Crippen LogP contribution in [0.15, 0.2) is 47.7 Å². The molecule has 0 atom stereocenters. The monoisotopic (exact) mass is 449 g/mol. The minimum Gasteiger partial charge on any atom is -0.388 e. The van der Waals surface area contributed by atoms with Gasteiger partial charge in [-0.15, -0.1) is 0 Å². The van der Waals surface area contributed by atoms with Gasteiger partial charge in [0.2, 0.25) is 5.91 Å². The Labute approximate surface area is 180 Å². The van der Waals surface area contributed by atoms with Gasteiger partial charge >= 0.3 is 6.18 Å². The highest BCUT2D eigenvalue weighted by Gasteiger charge is 2.36. The summed E-state index contributed by atoms with van der Waals surface area (Å²) in [7, 11) is 0. The number of benzene rings is 1. The van der Waals surface area contributed by atoms with Gasteiger partial charge in [0, 0.05) is 19.5 Å². The largest absolute Gasteiger partial charge is 0.389 e. The number of hydrogen-bond acceptors (Lipinski definition) is 5. The molecule has 1 aromatic carbocycles. The molecule has 1 fully saturated rings. The van der Waals surface area contributed by atoms with E-state index in [1.54, 1.807) is 4.68 Å². The summed E-state index contributed by atoms with van der Waals surface area (Å²) >= 11 is 0. The molecule has 1 amide bonds. The molecule has 3 aromatic rings. The van der Waals surface area contributed by atoms with Crippen LogP contribution in [0.5, 0.6) is 0 Å². The molecule has 0 aliphatic carbocycles. The van der Waals surface area contributed by atoms with Crippen LogP contribution in [0.3, 0.4) is 0 Å². The molecule has 1 aliphatic heterocycles. The lowest BCUT2D eigenvalue weighted by Crippen LogP contribution is -2.49. The number of carbonyl (C=O) groups is 1. The van der Waals surface area contributed by atoms with Crippen molar-refractivity contribution in [2.45, 2.75) is 44.0 Å². The second-order valence-electron chi connectivity index (χ2n) is 8.03. The number of hydrogen-bond donors (Lipinski definition) is 1. The number of nitrogens with zero attached hydrogens (tertiary/aromatic N) is 5. The summed E-state index contributed by atoms with van der Waals surface area (Å²) in [4.78, 5) is 30.6. The lowest BCUT2D eigenvalue weighted by molar-refractivity contribution is -0.151. The van der Waals surface area contributed by atoms with Crippen LogP contribution in [0, 0.1) is 0 Å². The minimum absolute atomic E-state index is 0.0319. The second-order valence-corrected chi connectivity index (χ2v) is 8.03. The molecule has 0 bridgehead atoms. The maximum atomic E-state index is 12.9. The highest BCUT2D eigenvalue weighted by Crippen LogP contribution is 2.26. The zero-order valence-corrected chi connectivity index (χ0v) is 17.1. The summed E-state index contributed by atoms with van der Waals surface area (Å²) in [6.07, 6.45) is -3.06. The van der Waals surface area contributed by atoms with E-state index in [2.05, 4.69) is 10.1 Å². The van der Waals surface area contributed by atoms with Crippen molar-refractivity contribution < 1.29 is 23.1 Å². The molecule has 2 aromatic heterocycles. The zero-order valence-electron chi connectivity index (χ0n) is 17.1. The number of para-hydroxylation sites is 1. The first-order valence-electron chi connectivity index (χ1n) is 10.2. The van der Waals surface area contributed by atoms with E-state index in [9.17, 15) is 27.9 Å². The number of amides is 1. The van der Waals surface area contributed by atoms with Gasteiger partial charge in [0.25, 0.3) is 5.56 Å². The molecule has 170 valence electrons. The van der Waals surface area contributed by atoms with E-state index in [0.717, 1.165) is 5.69 Å². The van der Waals surface area contributed by atoms with Crippen molar-refractivity contribution in [1.29, 1.82) is 0 Å². The van der Waals surface area contributed by atoms with E-state index in [0.29, 0.717) is 11.0 Å². The van der Waals surface area contributed by atoms with Crippen molar-refractivity contribution in [2.24, 2.45) is 0 Å². The fourth-order valence-electron chi connectivity index (χ4n) is 3.87. The van der Waals surface area contributed by atoms with Crippen molar-refractivity contribution in [1.82, 2.24) is 24.2 Å². The van der Waals surface area contributed by atoms with E-state index >= 15 is 0 Å². The van der Waals surface area contributed by atoms with Gasteiger partial charge in [0.1, 0.15) is 11.7 Å². The van der Waals surface area contributed by atoms with Gasteiger partial charge in [-0.2, -0.15) is 18.3 Å². The normalized spacial score (nSPS) is 16.4. The van der Waals surface area contributed by atoms with E-state index in [4.69, 9.17) is 0 Å². The molecular weight excluding hydrogens is 427 g/mol. The first-order valence-corrected chi connectivity index (χ1v) is 10.2. The minimum atomic E-state index is -4.38. The Morgan fingerprint density at radius 2 is 1.84 bits per heavy atom. The van der Waals surface area contributed by atoms with Crippen LogP contribution >= 0.6 is 0 Å². The highest BCUT2D eigenvalue weighted by molar-refractivity contribution is 5.76. The highest BCUT2D eigenvalue weighted by atomic mass is 19.4. The summed E-state index contributed by atoms with van der Waals surface area (Å²) in [5.41, 5.74) is -0.466. The average molecular weight is 449 g/mol. The summed E-state index contributed by atoms with van der Waals surface area (Å²) in [5, 5.41) is 15.5. The Balaban J connectivity index is 1.45. The molecule has 0 saturated carbocycles. The molecule has 0 radical (unpaired) electrons. The standard InChI is InChI=1S/C21H22F3N5O3/c22-21(23,24)7-6-17(30)27-10-8-20(32,9-11-27)13-28-14-25-18-16(19(28)31)12-26-29(18)15-4-2-1-3-5-15/h1-5,12,14,32H,6-11,13H2. The summed E-state index contributed by atoms with van der Waals surface area (Å²) in [6, 6.07) is 9.24. The number of alkyl halides is 3. The Morgan fingerprint density at radius 3 is 2.50 bits per heavy atom. The predicted octanol–water partition coefficient (Wildman–Crippen LogP) is 2.28. The second kappa shape index (κ2) is 8.38. The van der Waals surface area contributed by atoms with Gasteiger partial charge in [-0.05, 0) is 25.0 Å². The Kier molecular flexibility index (Phi) is 5.76. The Bertz CT molecular complexity index is 1160. The van der Waals surface area contributed by atoms with Crippen molar-refractivity contribution in [3.63, 3.8) is 0 Å². The van der Waals surface area contributed by atoms with E-state index in [-0.39, 0.29) is 38.0 Å². The first-order chi connectivity index (χ1) is 15.2. The smallest absolute Gasteiger partial charge is 0.388 e. The maximum Gasteiger partial charge on any atom is 0.389 e. The van der Waals surface area contributed by atoms with Crippen LogP contribution in [0.4, 0.5) is 13.2 Å². The van der Waals surface area contributed by atoms with Crippen LogP contribution in [-0.4, -0.2) is 60.1 Å². The molecule has 1 saturated heterocycles. The third-order valence-electron chi connectivity index (χ3n) is 5.69. The molecule has 32 heavy (non-hydrogen) atoms. The van der Waals surface area contributed by atoms with Gasteiger partial charge in [-0.25, -0.2) is 9.67 Å². The fourth-order valence-corrected chi connectivity index (χ4v) is 3.87. The Hall–Kier alpha value is -3.21. The number of piperidine rings is 1. The maximum absolute atomic E-state index is 12.9. The molecule has 3 heterocycles. The predicted molar refractivity (Wildman–Crippen MR) is 109 cm³/mol. The SMILES string of the molecule is O=C(CCC(F)(F)F)N1CCC(O)(Cn2cnc3c(cnn3-c3ccccc3)c2=O)CC1. The van der Waals surface area contributed by atoms with E-state index in [1.807, 2.05) is 30.3 Å². The van der Waals surface area contributed by atoms with Crippen molar-refractivity contribution in [2.75, 3.05) is 13.1 Å². The van der Waals surface area contributed by atoms with Crippen LogP contribution in [0.25, 0.3) is 16.7 Å². The molecule has 8 nitrogen and oxygen atoms in total. The van der Waals surface area contributed by atoms with Crippen molar-refractivity contribution >= 4 is 16.9 Å². The number of likely N-dealkylation sites (tertiary alicyclic amines) is 1. The molecule has 0 spiro atoms. The van der Waals surface area contributed by atoms with Crippen LogP contribution < -0.4 is 5.56 Å². The van der Waals surface area contributed by atoms with E-state index < -0.39 is 30.5 Å². The quantitative estimate of drug-likeness (QED) is 0.645. The molecule has 0 unspecified atom stereocenters. The summed E-state index contributed by atoms with van der Waals surface area (Å²) in [5.74, 6) is -0.585. The fraction of sp³-hybridized carbons (Fsp3) is 0.429. The van der Waals surface area contributed by atoms with Gasteiger partial charge in [-0.3, -0.25) is 14.2 Å². The number of aromatic nitrogens is 4. The number of aliphatic hydroxyl groups is 1. The molecule has 4 rings (SSSR count). The van der Waals surface area contributed by atoms with E-state index in [1.165, 1.54) is 22.0 Å². The van der Waals surface area contributed by atoms with Crippen molar-refractivity contribution in [3.05, 3.63) is 53.2 Å². The van der Waals surface area contributed by atoms with Crippen LogP contribution in [-0.2, 0) is 11.3 Å². The number of carbonyl (C=O) groups excluding carboxylic acids is 1. The number of rotatable bonds is 5. The molecule has 1 aliphatic rings. The number of fused-ring (bicyclic) bond motifs is 1. The van der Waals surface area contributed by atoms with Gasteiger partial charge < -0.3 is 10.0 Å². The van der Waals surface area contributed by atoms with Gasteiger partial charge in [0.15, 0.2) is 5.65 Å². The molecule has 11 heteroatoms. The number of halogens is 3. The van der Waals surface area contributed by atoms with Gasteiger partial charge in [0.05, 0.1) is 30.5 Å². The first kappa shape index (κ1) is 22.0. The van der Waals surface area contributed by atoms with Crippen LogP contribution in [0.2, 0.25) is 0 Å². The lowest BCUT2D eigenvalue weighted by atomic mass is 9.91. The lowest BCUT2D eigenvalue weighted by Gasteiger charge is -2.38. The molecule has 1 N–H and O–H groups in total. The topological polar surface area (TPSA) is 93.2 Å². The average Bonchev–Trinajstić information content (AvgIpc) is 3.19. The summed E-state index contributed by atoms with van der Waals surface area (Å²) in [6.45, 7) is 0.225. The third-order valence-corrected chi connectivity index (χ3v) is 5.69. The van der Waals surface area contributed by atoms with Crippen LogP contribution in [0.1, 0.15) is 25.7 Å². The zero-order chi connectivity index (χ0) is 22.9. The Morgan fingerprint density at radius 1 is 1.16 bits per heavy atom. The molecular formula is C21H22F3N5O3. The van der Waals surface area contributed by atoms with Crippen molar-refractivity contribution in [3.8, 4) is 5.69 Å².